The maximum Gasteiger partial charge on any atom is 0.223 e. The van der Waals surface area contributed by atoms with Gasteiger partial charge in [0.1, 0.15) is 0 Å². The lowest BCUT2D eigenvalue weighted by atomic mass is 10.2. The number of hydrogen-bond donors (Lipinski definition) is 1. The summed E-state index contributed by atoms with van der Waals surface area (Å²) in [6.45, 7) is 8.14. The Morgan fingerprint density at radius 1 is 1.36 bits per heavy atom. The highest BCUT2D eigenvalue weighted by Gasteiger charge is 2.16. The minimum atomic E-state index is 0.318. The van der Waals surface area contributed by atoms with Gasteiger partial charge in [0.05, 0.1) is 0 Å². The molecule has 1 saturated heterocycles. The van der Waals surface area contributed by atoms with Crippen molar-refractivity contribution in [1.29, 1.82) is 0 Å². The molecule has 1 amide bonds. The molecule has 0 atom stereocenters. The van der Waals surface area contributed by atoms with Crippen LogP contribution in [0.15, 0.2) is 0 Å². The molecule has 82 valence electrons. The molecule has 0 aromatic carbocycles. The minimum absolute atomic E-state index is 0.318. The molecule has 0 radical (unpaired) electrons. The summed E-state index contributed by atoms with van der Waals surface area (Å²) in [6, 6.07) is 0. The molecule has 1 rings (SSSR count). The van der Waals surface area contributed by atoms with Gasteiger partial charge in [-0.25, -0.2) is 0 Å². The lowest BCUT2D eigenvalue weighted by molar-refractivity contribution is -0.130. The largest absolute Gasteiger partial charge is 0.343 e. The lowest BCUT2D eigenvalue weighted by Crippen LogP contribution is -2.31. The molecule has 0 aliphatic carbocycles. The van der Waals surface area contributed by atoms with E-state index in [9.17, 15) is 4.79 Å². The second-order valence-corrected chi connectivity index (χ2v) is 4.44. The number of carbonyl (C=O) groups excluding carboxylic acids is 1. The first-order chi connectivity index (χ1) is 6.70. The number of nitrogens with zero attached hydrogens (tertiary/aromatic N) is 1. The summed E-state index contributed by atoms with van der Waals surface area (Å²) in [7, 11) is 0. The van der Waals surface area contributed by atoms with Gasteiger partial charge >= 0.3 is 0 Å². The van der Waals surface area contributed by atoms with Crippen LogP contribution in [0.5, 0.6) is 0 Å². The average molecular weight is 198 g/mol. The quantitative estimate of drug-likeness (QED) is 0.674. The normalized spacial score (nSPS) is 16.6. The number of nitrogens with one attached hydrogen (secondary N) is 1. The highest BCUT2D eigenvalue weighted by Crippen LogP contribution is 2.08. The van der Waals surface area contributed by atoms with Gasteiger partial charge in [-0.3, -0.25) is 4.79 Å². The van der Waals surface area contributed by atoms with Crippen molar-refractivity contribution in [2.24, 2.45) is 5.92 Å². The van der Waals surface area contributed by atoms with Crippen molar-refractivity contribution in [3.63, 3.8) is 0 Å². The third-order valence-corrected chi connectivity index (χ3v) is 2.53. The van der Waals surface area contributed by atoms with Crippen molar-refractivity contribution < 1.29 is 4.79 Å². The lowest BCUT2D eigenvalue weighted by Gasteiger charge is -2.15. The van der Waals surface area contributed by atoms with Crippen LogP contribution >= 0.6 is 0 Å². The van der Waals surface area contributed by atoms with Gasteiger partial charge in [0.15, 0.2) is 0 Å². The topological polar surface area (TPSA) is 32.3 Å². The smallest absolute Gasteiger partial charge is 0.223 e. The molecule has 1 aliphatic rings. The molecule has 1 heterocycles. The molecular formula is C11H22N2O. The number of rotatable bonds is 5. The zero-order chi connectivity index (χ0) is 10.4. The number of amides is 1. The third kappa shape index (κ3) is 4.09. The van der Waals surface area contributed by atoms with Crippen LogP contribution < -0.4 is 5.32 Å². The Hall–Kier alpha value is -0.570. The van der Waals surface area contributed by atoms with Crippen LogP contribution in [0.1, 0.15) is 33.1 Å². The number of carbonyl (C=O) groups is 1. The minimum Gasteiger partial charge on any atom is -0.343 e. The Morgan fingerprint density at radius 2 is 2.00 bits per heavy atom. The van der Waals surface area contributed by atoms with Gasteiger partial charge in [0.25, 0.3) is 0 Å². The van der Waals surface area contributed by atoms with E-state index in [1.807, 2.05) is 4.90 Å². The highest BCUT2D eigenvalue weighted by atomic mass is 16.2. The molecule has 3 heteroatoms. The van der Waals surface area contributed by atoms with Crippen molar-refractivity contribution in [2.75, 3.05) is 26.2 Å². The van der Waals surface area contributed by atoms with Crippen LogP contribution in [0.2, 0.25) is 0 Å². The molecule has 14 heavy (non-hydrogen) atoms. The van der Waals surface area contributed by atoms with Crippen LogP contribution in [0.25, 0.3) is 0 Å². The van der Waals surface area contributed by atoms with E-state index in [0.717, 1.165) is 26.2 Å². The third-order valence-electron chi connectivity index (χ3n) is 2.53. The van der Waals surface area contributed by atoms with Crippen LogP contribution in [0.3, 0.4) is 0 Å². The summed E-state index contributed by atoms with van der Waals surface area (Å²) in [5.41, 5.74) is 0. The molecule has 1 aliphatic heterocycles. The van der Waals surface area contributed by atoms with Gasteiger partial charge in [-0.15, -0.1) is 0 Å². The first-order valence-corrected chi connectivity index (χ1v) is 5.68. The Kier molecular flexibility index (Phi) is 4.94. The zero-order valence-electron chi connectivity index (χ0n) is 9.38. The average Bonchev–Trinajstić information content (AvgIpc) is 2.64. The van der Waals surface area contributed by atoms with E-state index in [1.165, 1.54) is 12.8 Å². The van der Waals surface area contributed by atoms with Crippen molar-refractivity contribution in [2.45, 2.75) is 33.1 Å². The highest BCUT2D eigenvalue weighted by molar-refractivity contribution is 5.76. The molecule has 0 aromatic heterocycles. The molecule has 0 spiro atoms. The second-order valence-electron chi connectivity index (χ2n) is 4.44. The number of hydrogen-bond acceptors (Lipinski definition) is 2. The summed E-state index contributed by atoms with van der Waals surface area (Å²) >= 11 is 0. The molecule has 0 saturated carbocycles. The summed E-state index contributed by atoms with van der Waals surface area (Å²) in [5.74, 6) is 0.982. The van der Waals surface area contributed by atoms with Crippen molar-refractivity contribution in [3.05, 3.63) is 0 Å². The van der Waals surface area contributed by atoms with Crippen LogP contribution in [0.4, 0.5) is 0 Å². The van der Waals surface area contributed by atoms with Crippen LogP contribution in [0, 0.1) is 5.92 Å². The fourth-order valence-electron chi connectivity index (χ4n) is 1.71. The Bertz CT molecular complexity index is 174. The molecule has 1 N–H and O–H groups in total. The molecule has 1 fully saturated rings. The Labute approximate surface area is 86.9 Å². The van der Waals surface area contributed by atoms with Gasteiger partial charge in [0, 0.05) is 26.1 Å². The molecule has 0 unspecified atom stereocenters. The van der Waals surface area contributed by atoms with Gasteiger partial charge in [-0.05, 0) is 25.3 Å². The number of likely N-dealkylation sites (tertiary alicyclic amines) is 1. The summed E-state index contributed by atoms with van der Waals surface area (Å²) in [6.07, 6.45) is 3.03. The van der Waals surface area contributed by atoms with Crippen molar-refractivity contribution in [3.8, 4) is 0 Å². The Morgan fingerprint density at radius 3 is 2.57 bits per heavy atom. The summed E-state index contributed by atoms with van der Waals surface area (Å²) in [5, 5.41) is 3.29. The first kappa shape index (κ1) is 11.5. The van der Waals surface area contributed by atoms with Gasteiger partial charge in [0.2, 0.25) is 5.91 Å². The van der Waals surface area contributed by atoms with Crippen LogP contribution in [-0.4, -0.2) is 37.0 Å². The van der Waals surface area contributed by atoms with E-state index in [0.29, 0.717) is 18.2 Å². The van der Waals surface area contributed by atoms with Gasteiger partial charge < -0.3 is 10.2 Å². The van der Waals surface area contributed by atoms with Crippen LogP contribution in [-0.2, 0) is 4.79 Å². The maximum absolute atomic E-state index is 11.6. The second kappa shape index (κ2) is 6.02. The SMILES string of the molecule is CC(C)CNCCC(=O)N1CCCC1. The van der Waals surface area contributed by atoms with E-state index in [2.05, 4.69) is 19.2 Å². The fraction of sp³-hybridized carbons (Fsp3) is 0.909. The monoisotopic (exact) mass is 198 g/mol. The summed E-state index contributed by atoms with van der Waals surface area (Å²) < 4.78 is 0. The van der Waals surface area contributed by atoms with Gasteiger partial charge in [-0.2, -0.15) is 0 Å². The maximum atomic E-state index is 11.6. The Balaban J connectivity index is 2.03. The van der Waals surface area contributed by atoms with E-state index < -0.39 is 0 Å². The molecular weight excluding hydrogens is 176 g/mol. The predicted octanol–water partition coefficient (Wildman–Crippen LogP) is 1.24. The fourth-order valence-corrected chi connectivity index (χ4v) is 1.71. The molecule has 0 bridgehead atoms. The first-order valence-electron chi connectivity index (χ1n) is 5.68. The van der Waals surface area contributed by atoms with Gasteiger partial charge in [-0.1, -0.05) is 13.8 Å². The van der Waals surface area contributed by atoms with E-state index in [4.69, 9.17) is 0 Å². The molecule has 3 nitrogen and oxygen atoms in total. The predicted molar refractivity (Wildman–Crippen MR) is 58.1 cm³/mol. The molecule has 0 aromatic rings. The van der Waals surface area contributed by atoms with E-state index in [1.54, 1.807) is 0 Å². The van der Waals surface area contributed by atoms with Crippen molar-refractivity contribution >= 4 is 5.91 Å². The van der Waals surface area contributed by atoms with E-state index >= 15 is 0 Å². The summed E-state index contributed by atoms with van der Waals surface area (Å²) in [4.78, 5) is 13.6. The standard InChI is InChI=1S/C11H22N2O/c1-10(2)9-12-6-5-11(14)13-7-3-4-8-13/h10,12H,3-9H2,1-2H3. The van der Waals surface area contributed by atoms with Crippen molar-refractivity contribution in [1.82, 2.24) is 10.2 Å². The zero-order valence-corrected chi connectivity index (χ0v) is 9.38. The van der Waals surface area contributed by atoms with E-state index in [-0.39, 0.29) is 0 Å².